The average molecular weight is 256 g/mol. The van der Waals surface area contributed by atoms with Crippen LogP contribution in [0.1, 0.15) is 6.92 Å². The highest BCUT2D eigenvalue weighted by Crippen LogP contribution is 2.34. The predicted molar refractivity (Wildman–Crippen MR) is 71.5 cm³/mol. The van der Waals surface area contributed by atoms with Gasteiger partial charge in [-0.15, -0.1) is 0 Å². The van der Waals surface area contributed by atoms with Crippen molar-refractivity contribution in [1.29, 1.82) is 0 Å². The average Bonchev–Trinajstić information content (AvgIpc) is 2.31. The number of nitrogen functional groups attached to an aromatic ring is 1. The van der Waals surface area contributed by atoms with Gasteiger partial charge in [-0.2, -0.15) is 11.8 Å². The lowest BCUT2D eigenvalue weighted by molar-refractivity contribution is 0.386. The molecule has 2 rings (SSSR count). The quantitative estimate of drug-likeness (QED) is 0.824. The van der Waals surface area contributed by atoms with Crippen molar-refractivity contribution < 1.29 is 9.13 Å². The minimum atomic E-state index is -0.409. The van der Waals surface area contributed by atoms with Crippen LogP contribution in [0.4, 0.5) is 15.8 Å². The predicted octanol–water partition coefficient (Wildman–Crippen LogP) is 2.36. The fraction of sp³-hybridized carbons (Fsp3) is 0.500. The van der Waals surface area contributed by atoms with Crippen LogP contribution in [0, 0.1) is 5.82 Å². The van der Waals surface area contributed by atoms with E-state index >= 15 is 0 Å². The van der Waals surface area contributed by atoms with Crippen LogP contribution < -0.4 is 15.4 Å². The zero-order valence-corrected chi connectivity index (χ0v) is 10.9. The summed E-state index contributed by atoms with van der Waals surface area (Å²) in [6.45, 7) is 3.09. The maximum atomic E-state index is 13.5. The van der Waals surface area contributed by atoms with Gasteiger partial charge >= 0.3 is 0 Å². The molecule has 17 heavy (non-hydrogen) atoms. The minimum Gasteiger partial charge on any atom is -0.494 e. The molecule has 1 unspecified atom stereocenters. The Kier molecular flexibility index (Phi) is 3.66. The second kappa shape index (κ2) is 5.04. The first-order valence-corrected chi connectivity index (χ1v) is 6.76. The number of nitrogens with two attached hydrogens (primary N) is 1. The molecule has 0 spiro atoms. The SMILES string of the molecule is COc1cc(N2CCSCC2C)c(N)cc1F. The zero-order chi connectivity index (χ0) is 12.4. The Bertz CT molecular complexity index is 414. The lowest BCUT2D eigenvalue weighted by Gasteiger charge is -2.35. The molecule has 1 aromatic rings. The van der Waals surface area contributed by atoms with Crippen molar-refractivity contribution in [2.75, 3.05) is 35.8 Å². The molecule has 1 aliphatic rings. The second-order valence-corrected chi connectivity index (χ2v) is 5.31. The molecule has 0 aromatic heterocycles. The van der Waals surface area contributed by atoms with Gasteiger partial charge in [0.1, 0.15) is 0 Å². The first kappa shape index (κ1) is 12.4. The monoisotopic (exact) mass is 256 g/mol. The first-order valence-electron chi connectivity index (χ1n) is 5.61. The molecule has 1 atom stereocenters. The van der Waals surface area contributed by atoms with Crippen LogP contribution in [-0.4, -0.2) is 31.2 Å². The number of hydrogen-bond donors (Lipinski definition) is 1. The van der Waals surface area contributed by atoms with Crippen LogP contribution in [0.25, 0.3) is 0 Å². The number of hydrogen-bond acceptors (Lipinski definition) is 4. The molecular weight excluding hydrogens is 239 g/mol. The van der Waals surface area contributed by atoms with Crippen LogP contribution in [-0.2, 0) is 0 Å². The molecule has 5 heteroatoms. The van der Waals surface area contributed by atoms with Crippen LogP contribution >= 0.6 is 11.8 Å². The number of thioether (sulfide) groups is 1. The lowest BCUT2D eigenvalue weighted by Crippen LogP contribution is -2.40. The number of anilines is 2. The van der Waals surface area contributed by atoms with Crippen molar-refractivity contribution in [3.8, 4) is 5.75 Å². The molecule has 0 bridgehead atoms. The van der Waals surface area contributed by atoms with Gasteiger partial charge in [-0.05, 0) is 6.92 Å². The van der Waals surface area contributed by atoms with Gasteiger partial charge in [-0.3, -0.25) is 0 Å². The van der Waals surface area contributed by atoms with Crippen LogP contribution in [0.5, 0.6) is 5.75 Å². The number of nitrogens with zero attached hydrogens (tertiary/aromatic N) is 1. The lowest BCUT2D eigenvalue weighted by atomic mass is 10.2. The summed E-state index contributed by atoms with van der Waals surface area (Å²) in [7, 11) is 1.47. The maximum absolute atomic E-state index is 13.5. The Morgan fingerprint density at radius 3 is 2.94 bits per heavy atom. The van der Waals surface area contributed by atoms with Crippen molar-refractivity contribution >= 4 is 23.1 Å². The number of methoxy groups -OCH3 is 1. The Balaban J connectivity index is 2.36. The van der Waals surface area contributed by atoms with E-state index in [4.69, 9.17) is 10.5 Å². The molecule has 2 N–H and O–H groups in total. The normalized spacial score (nSPS) is 20.4. The number of rotatable bonds is 2. The number of ether oxygens (including phenoxy) is 1. The van der Waals surface area contributed by atoms with E-state index in [2.05, 4.69) is 11.8 Å². The van der Waals surface area contributed by atoms with Gasteiger partial charge in [0.2, 0.25) is 0 Å². The fourth-order valence-corrected chi connectivity index (χ4v) is 3.06. The molecule has 0 radical (unpaired) electrons. The van der Waals surface area contributed by atoms with Crippen LogP contribution in [0.2, 0.25) is 0 Å². The van der Waals surface area contributed by atoms with E-state index in [1.54, 1.807) is 6.07 Å². The van der Waals surface area contributed by atoms with E-state index in [-0.39, 0.29) is 5.75 Å². The van der Waals surface area contributed by atoms with Crippen molar-refractivity contribution in [3.05, 3.63) is 17.9 Å². The zero-order valence-electron chi connectivity index (χ0n) is 10.1. The van der Waals surface area contributed by atoms with Crippen LogP contribution in [0.15, 0.2) is 12.1 Å². The van der Waals surface area contributed by atoms with Crippen molar-refractivity contribution in [1.82, 2.24) is 0 Å². The van der Waals surface area contributed by atoms with E-state index in [0.29, 0.717) is 11.7 Å². The second-order valence-electron chi connectivity index (χ2n) is 4.16. The van der Waals surface area contributed by atoms with E-state index in [1.165, 1.54) is 13.2 Å². The van der Waals surface area contributed by atoms with Crippen molar-refractivity contribution in [2.24, 2.45) is 0 Å². The third kappa shape index (κ3) is 2.44. The molecule has 1 aromatic carbocycles. The Morgan fingerprint density at radius 2 is 2.29 bits per heavy atom. The summed E-state index contributed by atoms with van der Waals surface area (Å²) in [5.41, 5.74) is 7.24. The van der Waals surface area contributed by atoms with Gasteiger partial charge < -0.3 is 15.4 Å². The molecule has 0 amide bonds. The molecule has 0 aliphatic carbocycles. The summed E-state index contributed by atoms with van der Waals surface area (Å²) >= 11 is 1.93. The van der Waals surface area contributed by atoms with Crippen molar-refractivity contribution in [2.45, 2.75) is 13.0 Å². The van der Waals surface area contributed by atoms with E-state index in [9.17, 15) is 4.39 Å². The fourth-order valence-electron chi connectivity index (χ4n) is 2.05. The molecular formula is C12H17FN2OS. The van der Waals surface area contributed by atoms with Gasteiger partial charge in [-0.1, -0.05) is 0 Å². The molecule has 1 fully saturated rings. The molecule has 1 aliphatic heterocycles. The third-order valence-electron chi connectivity index (χ3n) is 2.98. The topological polar surface area (TPSA) is 38.5 Å². The standard InChI is InChI=1S/C12H17FN2OS/c1-8-7-17-4-3-15(8)11-6-12(16-2)9(13)5-10(11)14/h5-6,8H,3-4,7,14H2,1-2H3. The van der Waals surface area contributed by atoms with Gasteiger partial charge in [-0.25, -0.2) is 4.39 Å². The maximum Gasteiger partial charge on any atom is 0.167 e. The summed E-state index contributed by atoms with van der Waals surface area (Å²) in [5, 5.41) is 0. The Hall–Kier alpha value is -1.10. The largest absolute Gasteiger partial charge is 0.494 e. The first-order chi connectivity index (χ1) is 8.13. The van der Waals surface area contributed by atoms with Gasteiger partial charge in [0, 0.05) is 36.2 Å². The molecule has 3 nitrogen and oxygen atoms in total. The highest BCUT2D eigenvalue weighted by molar-refractivity contribution is 7.99. The minimum absolute atomic E-state index is 0.250. The smallest absolute Gasteiger partial charge is 0.167 e. The molecule has 0 saturated carbocycles. The van der Waals surface area contributed by atoms with E-state index in [1.807, 2.05) is 11.8 Å². The van der Waals surface area contributed by atoms with E-state index in [0.717, 1.165) is 23.7 Å². The summed E-state index contributed by atoms with van der Waals surface area (Å²) < 4.78 is 18.5. The molecule has 94 valence electrons. The van der Waals surface area contributed by atoms with Crippen molar-refractivity contribution in [3.63, 3.8) is 0 Å². The van der Waals surface area contributed by atoms with Gasteiger partial charge in [0.15, 0.2) is 11.6 Å². The van der Waals surface area contributed by atoms with Crippen LogP contribution in [0.3, 0.4) is 0 Å². The van der Waals surface area contributed by atoms with Gasteiger partial charge in [0.25, 0.3) is 0 Å². The summed E-state index contributed by atoms with van der Waals surface area (Å²) in [4.78, 5) is 2.22. The number of benzene rings is 1. The Labute approximate surface area is 105 Å². The Morgan fingerprint density at radius 1 is 1.53 bits per heavy atom. The van der Waals surface area contributed by atoms with Gasteiger partial charge in [0.05, 0.1) is 18.5 Å². The summed E-state index contributed by atoms with van der Waals surface area (Å²) in [6, 6.07) is 3.44. The number of halogens is 1. The highest BCUT2D eigenvalue weighted by atomic mass is 32.2. The summed E-state index contributed by atoms with van der Waals surface area (Å²) in [6.07, 6.45) is 0. The molecule has 1 heterocycles. The van der Waals surface area contributed by atoms with E-state index < -0.39 is 5.82 Å². The summed E-state index contributed by atoms with van der Waals surface area (Å²) in [5.74, 6) is 1.98. The third-order valence-corrected chi connectivity index (χ3v) is 4.17. The molecule has 1 saturated heterocycles. The highest BCUT2D eigenvalue weighted by Gasteiger charge is 2.22.